The number of rotatable bonds is 7. The third kappa shape index (κ3) is 6.16. The van der Waals surface area contributed by atoms with E-state index in [1.165, 1.54) is 27.6 Å². The summed E-state index contributed by atoms with van der Waals surface area (Å²) in [5.74, 6) is 1.89. The summed E-state index contributed by atoms with van der Waals surface area (Å²) in [4.78, 5) is 15.3. The van der Waals surface area contributed by atoms with Crippen LogP contribution in [0.15, 0.2) is 206 Å². The van der Waals surface area contributed by atoms with Gasteiger partial charge in [0, 0.05) is 33.2 Å². The Bertz CT molecular complexity index is 2940. The number of nitrogens with zero attached hydrogens (tertiary/aromatic N) is 4. The molecule has 258 valence electrons. The van der Waals surface area contributed by atoms with E-state index in [9.17, 15) is 0 Å². The predicted octanol–water partition coefficient (Wildman–Crippen LogP) is 13.0. The maximum Gasteiger partial charge on any atom is 0.164 e. The zero-order valence-corrected chi connectivity index (χ0v) is 29.9. The SMILES string of the molecule is c1ccc(-c2ccc(-c3nc(-c4ccccc4)nc(-c4ccc5c6ccc(-c7ccccc7)cc6n(-c6cccc(-c7ccccc7)c6)c5c4)n3)cc2)cc1. The molecule has 2 aromatic heterocycles. The van der Waals surface area contributed by atoms with Crippen LogP contribution >= 0.6 is 0 Å². The molecule has 0 amide bonds. The minimum atomic E-state index is 0.623. The van der Waals surface area contributed by atoms with Gasteiger partial charge in [-0.3, -0.25) is 0 Å². The van der Waals surface area contributed by atoms with Gasteiger partial charge in [0.1, 0.15) is 0 Å². The predicted molar refractivity (Wildman–Crippen MR) is 227 cm³/mol. The molecule has 55 heavy (non-hydrogen) atoms. The summed E-state index contributed by atoms with van der Waals surface area (Å²) in [5.41, 5.74) is 13.1. The van der Waals surface area contributed by atoms with Gasteiger partial charge in [-0.1, -0.05) is 182 Å². The van der Waals surface area contributed by atoms with Gasteiger partial charge in [0.05, 0.1) is 11.0 Å². The van der Waals surface area contributed by atoms with Gasteiger partial charge in [0.15, 0.2) is 17.5 Å². The van der Waals surface area contributed by atoms with Gasteiger partial charge in [-0.2, -0.15) is 0 Å². The van der Waals surface area contributed by atoms with Crippen molar-refractivity contribution in [2.24, 2.45) is 0 Å². The fraction of sp³-hybridized carbons (Fsp3) is 0. The van der Waals surface area contributed by atoms with Crippen LogP contribution in [0.5, 0.6) is 0 Å². The Hall–Kier alpha value is -7.43. The Morgan fingerprint density at radius 3 is 1.15 bits per heavy atom. The summed E-state index contributed by atoms with van der Waals surface area (Å²) >= 11 is 0. The first kappa shape index (κ1) is 32.2. The lowest BCUT2D eigenvalue weighted by atomic mass is 10.0. The smallest absolute Gasteiger partial charge is 0.164 e. The van der Waals surface area contributed by atoms with Crippen LogP contribution in [0.1, 0.15) is 0 Å². The molecule has 2 heterocycles. The second-order valence-corrected chi connectivity index (χ2v) is 13.7. The van der Waals surface area contributed by atoms with Crippen molar-refractivity contribution in [3.63, 3.8) is 0 Å². The van der Waals surface area contributed by atoms with Crippen molar-refractivity contribution >= 4 is 21.8 Å². The van der Waals surface area contributed by atoms with Gasteiger partial charge in [-0.15, -0.1) is 0 Å². The zero-order valence-electron chi connectivity index (χ0n) is 29.9. The van der Waals surface area contributed by atoms with Gasteiger partial charge < -0.3 is 4.57 Å². The maximum absolute atomic E-state index is 5.14. The topological polar surface area (TPSA) is 43.6 Å². The van der Waals surface area contributed by atoms with E-state index in [2.05, 4.69) is 174 Å². The molecule has 0 saturated heterocycles. The van der Waals surface area contributed by atoms with Crippen molar-refractivity contribution in [2.75, 3.05) is 0 Å². The van der Waals surface area contributed by atoms with E-state index >= 15 is 0 Å². The molecule has 0 radical (unpaired) electrons. The largest absolute Gasteiger partial charge is 0.309 e. The highest BCUT2D eigenvalue weighted by molar-refractivity contribution is 6.11. The fourth-order valence-electron chi connectivity index (χ4n) is 7.49. The van der Waals surface area contributed by atoms with Crippen LogP contribution in [-0.2, 0) is 0 Å². The summed E-state index contributed by atoms with van der Waals surface area (Å²) < 4.78 is 2.38. The van der Waals surface area contributed by atoms with Crippen LogP contribution in [0.25, 0.3) is 95.0 Å². The minimum Gasteiger partial charge on any atom is -0.309 e. The van der Waals surface area contributed by atoms with Gasteiger partial charge in [0.25, 0.3) is 0 Å². The highest BCUT2D eigenvalue weighted by Crippen LogP contribution is 2.38. The standard InChI is InChI=1S/C51H34N4/c1-5-14-35(15-6-1)38-24-26-40(27-25-38)50-52-49(39-20-11-4-12-21-39)53-51(54-50)43-29-31-46-45-30-28-42(37-18-9-3-10-19-37)33-47(45)55(48(46)34-43)44-23-13-22-41(32-44)36-16-7-2-8-17-36/h1-34H. The van der Waals surface area contributed by atoms with E-state index in [0.717, 1.165) is 49.9 Å². The Balaban J connectivity index is 1.17. The molecule has 8 aromatic carbocycles. The van der Waals surface area contributed by atoms with Crippen LogP contribution in [0.2, 0.25) is 0 Å². The molecule has 0 aliphatic heterocycles. The number of benzene rings is 8. The van der Waals surface area contributed by atoms with Crippen LogP contribution < -0.4 is 0 Å². The normalized spacial score (nSPS) is 11.3. The molecular formula is C51H34N4. The molecule has 10 rings (SSSR count). The highest BCUT2D eigenvalue weighted by Gasteiger charge is 2.18. The van der Waals surface area contributed by atoms with Gasteiger partial charge >= 0.3 is 0 Å². The first-order chi connectivity index (χ1) is 27.2. The van der Waals surface area contributed by atoms with Crippen molar-refractivity contribution in [1.82, 2.24) is 19.5 Å². The molecule has 0 fully saturated rings. The first-order valence-corrected chi connectivity index (χ1v) is 18.5. The maximum atomic E-state index is 5.14. The molecule has 0 aliphatic carbocycles. The fourth-order valence-corrected chi connectivity index (χ4v) is 7.49. The van der Waals surface area contributed by atoms with Crippen LogP contribution in [0.4, 0.5) is 0 Å². The number of hydrogen-bond donors (Lipinski definition) is 0. The molecule has 0 atom stereocenters. The van der Waals surface area contributed by atoms with Crippen LogP contribution in [0.3, 0.4) is 0 Å². The zero-order chi connectivity index (χ0) is 36.6. The summed E-state index contributed by atoms with van der Waals surface area (Å²) in [5, 5.41) is 2.35. The highest BCUT2D eigenvalue weighted by atomic mass is 15.0. The summed E-state index contributed by atoms with van der Waals surface area (Å²) in [6.07, 6.45) is 0. The van der Waals surface area contributed by atoms with Crippen LogP contribution in [-0.4, -0.2) is 19.5 Å². The molecule has 4 nitrogen and oxygen atoms in total. The number of fused-ring (bicyclic) bond motifs is 3. The lowest BCUT2D eigenvalue weighted by Gasteiger charge is -2.12. The van der Waals surface area contributed by atoms with Gasteiger partial charge in [-0.05, 0) is 57.6 Å². The van der Waals surface area contributed by atoms with E-state index in [1.807, 2.05) is 36.4 Å². The molecule has 0 unspecified atom stereocenters. The minimum absolute atomic E-state index is 0.623. The van der Waals surface area contributed by atoms with Crippen molar-refractivity contribution in [3.8, 4) is 73.2 Å². The van der Waals surface area contributed by atoms with Crippen molar-refractivity contribution in [3.05, 3.63) is 206 Å². The summed E-state index contributed by atoms with van der Waals surface area (Å²) in [7, 11) is 0. The second-order valence-electron chi connectivity index (χ2n) is 13.7. The average Bonchev–Trinajstić information content (AvgIpc) is 3.60. The molecule has 10 aromatic rings. The molecule has 4 heteroatoms. The van der Waals surface area contributed by atoms with E-state index in [1.54, 1.807) is 0 Å². The third-order valence-electron chi connectivity index (χ3n) is 10.3. The lowest BCUT2D eigenvalue weighted by Crippen LogP contribution is -2.00. The van der Waals surface area contributed by atoms with E-state index in [0.29, 0.717) is 17.5 Å². The summed E-state index contributed by atoms with van der Waals surface area (Å²) in [6, 6.07) is 72.3. The Kier molecular flexibility index (Phi) is 8.12. The molecule has 0 spiro atoms. The van der Waals surface area contributed by atoms with Gasteiger partial charge in [0.2, 0.25) is 0 Å². The Labute approximate surface area is 319 Å². The third-order valence-corrected chi connectivity index (χ3v) is 10.3. The van der Waals surface area contributed by atoms with E-state index < -0.39 is 0 Å². The molecule has 0 N–H and O–H groups in total. The number of aromatic nitrogens is 4. The first-order valence-electron chi connectivity index (χ1n) is 18.5. The van der Waals surface area contributed by atoms with Crippen LogP contribution in [0, 0.1) is 0 Å². The Morgan fingerprint density at radius 1 is 0.255 bits per heavy atom. The van der Waals surface area contributed by atoms with E-state index in [-0.39, 0.29) is 0 Å². The molecule has 0 saturated carbocycles. The quantitative estimate of drug-likeness (QED) is 0.166. The molecular weight excluding hydrogens is 669 g/mol. The van der Waals surface area contributed by atoms with Crippen molar-refractivity contribution in [2.45, 2.75) is 0 Å². The number of hydrogen-bond acceptors (Lipinski definition) is 3. The second kappa shape index (κ2) is 13.8. The van der Waals surface area contributed by atoms with Crippen molar-refractivity contribution in [1.29, 1.82) is 0 Å². The van der Waals surface area contributed by atoms with Crippen molar-refractivity contribution < 1.29 is 0 Å². The molecule has 0 aliphatic rings. The van der Waals surface area contributed by atoms with E-state index in [4.69, 9.17) is 15.0 Å². The van der Waals surface area contributed by atoms with Gasteiger partial charge in [-0.25, -0.2) is 15.0 Å². The Morgan fingerprint density at radius 2 is 0.600 bits per heavy atom. The monoisotopic (exact) mass is 702 g/mol. The molecule has 0 bridgehead atoms. The summed E-state index contributed by atoms with van der Waals surface area (Å²) in [6.45, 7) is 0. The average molecular weight is 703 g/mol. The lowest BCUT2D eigenvalue weighted by molar-refractivity contribution is 1.07.